The van der Waals surface area contributed by atoms with E-state index in [-0.39, 0.29) is 0 Å². The highest BCUT2D eigenvalue weighted by Gasteiger charge is 2.37. The highest BCUT2D eigenvalue weighted by Crippen LogP contribution is 2.34. The van der Waals surface area contributed by atoms with Gasteiger partial charge in [0.05, 0.1) is 16.5 Å². The number of halogens is 4. The second-order valence-corrected chi connectivity index (χ2v) is 7.90. The molecule has 10 heteroatoms. The Labute approximate surface area is 159 Å². The molecule has 146 valence electrons. The van der Waals surface area contributed by atoms with Crippen molar-refractivity contribution in [2.45, 2.75) is 31.0 Å². The maximum Gasteiger partial charge on any atom is 0.417 e. The Morgan fingerprint density at radius 3 is 2.37 bits per heavy atom. The largest absolute Gasteiger partial charge is 0.417 e. The Kier molecular flexibility index (Phi) is 6.18. The van der Waals surface area contributed by atoms with Gasteiger partial charge in [-0.25, -0.2) is 8.42 Å². The fourth-order valence-corrected chi connectivity index (χ4v) is 3.95. The molecule has 0 heterocycles. The molecule has 1 amide bonds. The van der Waals surface area contributed by atoms with E-state index in [2.05, 4.69) is 5.32 Å². The second-order valence-electron chi connectivity index (χ2n) is 5.79. The third-order valence-corrected chi connectivity index (χ3v) is 5.49. The number of carbonyl (C=O) groups excluding carboxylic acids is 1. The van der Waals surface area contributed by atoms with Crippen LogP contribution in [0.2, 0.25) is 5.02 Å². The van der Waals surface area contributed by atoms with E-state index in [4.69, 9.17) is 11.6 Å². The predicted molar refractivity (Wildman–Crippen MR) is 96.0 cm³/mol. The molecule has 0 radical (unpaired) electrons. The van der Waals surface area contributed by atoms with Gasteiger partial charge < -0.3 is 5.32 Å². The minimum Gasteiger partial charge on any atom is -0.324 e. The van der Waals surface area contributed by atoms with E-state index in [9.17, 15) is 26.4 Å². The first-order chi connectivity index (χ1) is 12.4. The number of carbonyl (C=O) groups is 1. The van der Waals surface area contributed by atoms with Gasteiger partial charge in [0.25, 0.3) is 0 Å². The number of hydrogen-bond acceptors (Lipinski definition) is 3. The molecule has 0 bridgehead atoms. The SMILES string of the molecule is Cc1cc(Cl)ccc1NC(=O)C(C)NS(=O)(=O)c1ccccc1C(F)(F)F. The number of amides is 1. The molecule has 2 aromatic rings. The van der Waals surface area contributed by atoms with Crippen LogP contribution in [0.1, 0.15) is 18.1 Å². The Morgan fingerprint density at radius 1 is 1.15 bits per heavy atom. The average Bonchev–Trinajstić information content (AvgIpc) is 2.56. The third-order valence-electron chi connectivity index (χ3n) is 3.65. The van der Waals surface area contributed by atoms with E-state index in [0.29, 0.717) is 22.3 Å². The zero-order chi connectivity index (χ0) is 20.4. The van der Waals surface area contributed by atoms with E-state index in [1.165, 1.54) is 19.1 Å². The first-order valence-electron chi connectivity index (χ1n) is 7.67. The van der Waals surface area contributed by atoms with Crippen molar-refractivity contribution >= 4 is 33.2 Å². The minimum atomic E-state index is -4.85. The normalized spacial score (nSPS) is 13.3. The zero-order valence-electron chi connectivity index (χ0n) is 14.3. The van der Waals surface area contributed by atoms with E-state index in [1.54, 1.807) is 19.1 Å². The number of hydrogen-bond donors (Lipinski definition) is 2. The standard InChI is InChI=1S/C17H16ClF3N2O3S/c1-10-9-12(18)7-8-14(10)22-16(24)11(2)23-27(25,26)15-6-4-3-5-13(15)17(19,20)21/h3-9,11,23H,1-2H3,(H,22,24). The number of nitrogens with one attached hydrogen (secondary N) is 2. The number of sulfonamides is 1. The maximum absolute atomic E-state index is 13.1. The van der Waals surface area contributed by atoms with Crippen molar-refractivity contribution in [3.63, 3.8) is 0 Å². The van der Waals surface area contributed by atoms with Crippen molar-refractivity contribution in [2.75, 3.05) is 5.32 Å². The van der Waals surface area contributed by atoms with Gasteiger partial charge in [0.1, 0.15) is 0 Å². The summed E-state index contributed by atoms with van der Waals surface area (Å²) in [7, 11) is -4.58. The van der Waals surface area contributed by atoms with Crippen LogP contribution in [-0.4, -0.2) is 20.4 Å². The monoisotopic (exact) mass is 420 g/mol. The van der Waals surface area contributed by atoms with Crippen LogP contribution in [0.3, 0.4) is 0 Å². The van der Waals surface area contributed by atoms with Crippen LogP contribution in [0, 0.1) is 6.92 Å². The molecule has 0 aliphatic carbocycles. The first kappa shape index (κ1) is 21.2. The van der Waals surface area contributed by atoms with Crippen molar-refractivity contribution in [2.24, 2.45) is 0 Å². The molecule has 0 saturated carbocycles. The van der Waals surface area contributed by atoms with Gasteiger partial charge >= 0.3 is 6.18 Å². The number of benzene rings is 2. The summed E-state index contributed by atoms with van der Waals surface area (Å²) in [4.78, 5) is 11.3. The summed E-state index contributed by atoms with van der Waals surface area (Å²) < 4.78 is 65.9. The maximum atomic E-state index is 13.1. The smallest absolute Gasteiger partial charge is 0.324 e. The van der Waals surface area contributed by atoms with Gasteiger partial charge in [0.2, 0.25) is 15.9 Å². The molecule has 27 heavy (non-hydrogen) atoms. The summed E-state index contributed by atoms with van der Waals surface area (Å²) in [5.41, 5.74) is -0.252. The molecule has 0 aliphatic rings. The van der Waals surface area contributed by atoms with Crippen LogP contribution in [0.15, 0.2) is 47.4 Å². The van der Waals surface area contributed by atoms with Gasteiger partial charge in [-0.1, -0.05) is 23.7 Å². The van der Waals surface area contributed by atoms with Crippen molar-refractivity contribution < 1.29 is 26.4 Å². The van der Waals surface area contributed by atoms with Crippen molar-refractivity contribution in [1.82, 2.24) is 4.72 Å². The van der Waals surface area contributed by atoms with Crippen molar-refractivity contribution in [1.29, 1.82) is 0 Å². The van der Waals surface area contributed by atoms with Gasteiger partial charge in [-0.3, -0.25) is 4.79 Å². The summed E-state index contributed by atoms with van der Waals surface area (Å²) in [5.74, 6) is -0.728. The van der Waals surface area contributed by atoms with E-state index in [0.717, 1.165) is 12.1 Å². The molecule has 0 aromatic heterocycles. The van der Waals surface area contributed by atoms with E-state index in [1.807, 2.05) is 4.72 Å². The topological polar surface area (TPSA) is 75.3 Å². The van der Waals surface area contributed by atoms with Crippen LogP contribution in [0.4, 0.5) is 18.9 Å². The molecule has 2 N–H and O–H groups in total. The van der Waals surface area contributed by atoms with Gasteiger partial charge in [-0.2, -0.15) is 17.9 Å². The lowest BCUT2D eigenvalue weighted by atomic mass is 10.2. The zero-order valence-corrected chi connectivity index (χ0v) is 15.8. The quantitative estimate of drug-likeness (QED) is 0.768. The molecule has 2 aromatic carbocycles. The van der Waals surface area contributed by atoms with Crippen LogP contribution in [-0.2, 0) is 21.0 Å². The molecular weight excluding hydrogens is 405 g/mol. The fourth-order valence-electron chi connectivity index (χ4n) is 2.29. The molecule has 2 rings (SSSR count). The lowest BCUT2D eigenvalue weighted by Gasteiger charge is -2.18. The highest BCUT2D eigenvalue weighted by molar-refractivity contribution is 7.89. The lowest BCUT2D eigenvalue weighted by Crippen LogP contribution is -2.42. The van der Waals surface area contributed by atoms with Gasteiger partial charge in [-0.15, -0.1) is 0 Å². The Morgan fingerprint density at radius 2 is 1.78 bits per heavy atom. The summed E-state index contributed by atoms with van der Waals surface area (Å²) in [6.07, 6.45) is -4.85. The predicted octanol–water partition coefficient (Wildman–Crippen LogP) is 3.97. The molecule has 1 unspecified atom stereocenters. The second kappa shape index (κ2) is 7.87. The fraction of sp³-hybridized carbons (Fsp3) is 0.235. The molecule has 0 aliphatic heterocycles. The molecule has 0 fully saturated rings. The molecule has 0 spiro atoms. The van der Waals surface area contributed by atoms with Crippen molar-refractivity contribution in [3.8, 4) is 0 Å². The Bertz CT molecular complexity index is 962. The summed E-state index contributed by atoms with van der Waals surface area (Å²) in [6.45, 7) is 2.92. The number of alkyl halides is 3. The first-order valence-corrected chi connectivity index (χ1v) is 9.53. The molecular formula is C17H16ClF3N2O3S. The highest BCUT2D eigenvalue weighted by atomic mass is 35.5. The minimum absolute atomic E-state index is 0.408. The van der Waals surface area contributed by atoms with Crippen LogP contribution >= 0.6 is 11.6 Å². The van der Waals surface area contributed by atoms with Gasteiger partial charge in [0, 0.05) is 10.7 Å². The van der Waals surface area contributed by atoms with Crippen LogP contribution in [0.5, 0.6) is 0 Å². The lowest BCUT2D eigenvalue weighted by molar-refractivity contribution is -0.139. The molecule has 1 atom stereocenters. The van der Waals surface area contributed by atoms with Gasteiger partial charge in [-0.05, 0) is 49.7 Å². The Balaban J connectivity index is 2.21. The number of anilines is 1. The van der Waals surface area contributed by atoms with E-state index >= 15 is 0 Å². The molecule has 0 saturated heterocycles. The van der Waals surface area contributed by atoms with Crippen molar-refractivity contribution in [3.05, 3.63) is 58.6 Å². The molecule has 5 nitrogen and oxygen atoms in total. The van der Waals surface area contributed by atoms with Crippen LogP contribution in [0.25, 0.3) is 0 Å². The number of rotatable bonds is 5. The third kappa shape index (κ3) is 5.21. The number of aryl methyl sites for hydroxylation is 1. The van der Waals surface area contributed by atoms with Crippen LogP contribution < -0.4 is 10.0 Å². The summed E-state index contributed by atoms with van der Waals surface area (Å²) in [5, 5.41) is 2.97. The Hall–Kier alpha value is -2.10. The van der Waals surface area contributed by atoms with E-state index < -0.39 is 38.6 Å². The summed E-state index contributed by atoms with van der Waals surface area (Å²) >= 11 is 5.83. The summed E-state index contributed by atoms with van der Waals surface area (Å²) in [6, 6.07) is 7.12. The average molecular weight is 421 g/mol. The van der Waals surface area contributed by atoms with Gasteiger partial charge in [0.15, 0.2) is 0 Å².